The van der Waals surface area contributed by atoms with E-state index in [0.29, 0.717) is 5.56 Å². The molecule has 2 aromatic carbocycles. The summed E-state index contributed by atoms with van der Waals surface area (Å²) in [5.74, 6) is -2.49. The van der Waals surface area contributed by atoms with Gasteiger partial charge in [0.15, 0.2) is 6.10 Å². The third-order valence-corrected chi connectivity index (χ3v) is 6.44. The van der Waals surface area contributed by atoms with E-state index in [0.717, 1.165) is 10.6 Å². The molecule has 2 unspecified atom stereocenters. The highest BCUT2D eigenvalue weighted by molar-refractivity contribution is 5.97. The third kappa shape index (κ3) is 6.69. The molecule has 10 nitrogen and oxygen atoms in total. The van der Waals surface area contributed by atoms with Gasteiger partial charge in [0.1, 0.15) is 6.04 Å². The quantitative estimate of drug-likeness (QED) is 0.473. The van der Waals surface area contributed by atoms with E-state index in [9.17, 15) is 24.3 Å². The van der Waals surface area contributed by atoms with Crippen LogP contribution in [-0.2, 0) is 30.3 Å². The lowest BCUT2D eigenvalue weighted by molar-refractivity contribution is -0.177. The van der Waals surface area contributed by atoms with E-state index >= 15 is 0 Å². The number of esters is 1. The highest BCUT2D eigenvalue weighted by Crippen LogP contribution is 2.34. The molecule has 1 aliphatic heterocycles. The van der Waals surface area contributed by atoms with Crippen molar-refractivity contribution in [2.45, 2.75) is 65.3 Å². The fourth-order valence-corrected chi connectivity index (χ4v) is 4.70. The van der Waals surface area contributed by atoms with Crippen molar-refractivity contribution < 1.29 is 33.8 Å². The molecule has 1 N–H and O–H groups in total. The zero-order chi connectivity index (χ0) is 29.6. The molecule has 0 aromatic heterocycles. The molecule has 3 rings (SSSR count). The average Bonchev–Trinajstić information content (AvgIpc) is 2.92. The summed E-state index contributed by atoms with van der Waals surface area (Å²) in [5, 5.41) is 13.6. The predicted octanol–water partition coefficient (Wildman–Crippen LogP) is 3.61. The van der Waals surface area contributed by atoms with Gasteiger partial charge in [-0.15, -0.1) is 0 Å². The smallest absolute Gasteiger partial charge is 0.414 e. The Balaban J connectivity index is 2.25. The normalized spacial score (nSPS) is 16.9. The molecule has 0 radical (unpaired) electrons. The number of hydrazine groups is 1. The largest absolute Gasteiger partial charge is 0.461 e. The topological polar surface area (TPSA) is 117 Å². The van der Waals surface area contributed by atoms with E-state index in [4.69, 9.17) is 9.47 Å². The molecule has 0 aliphatic carbocycles. The van der Waals surface area contributed by atoms with E-state index in [2.05, 4.69) is 0 Å². The van der Waals surface area contributed by atoms with Crippen LogP contribution in [0.15, 0.2) is 66.9 Å². The standard InChI is InChI=1S/C30H37N3O7/c1-19(2)26-28(36)33(25(18-31(26)30(38)39-6)23-15-11-8-12-16-23)32(21(5)34)24(17-22-13-9-7-10-14-22)27(35)29(37)40-20(3)4/h7-16,18-20,24,26-27,35H,17H2,1-6H3/t24-,26?,27?/m0/s1. The van der Waals surface area contributed by atoms with Crippen molar-refractivity contribution in [3.8, 4) is 0 Å². The molecule has 0 saturated heterocycles. The van der Waals surface area contributed by atoms with E-state index in [1.165, 1.54) is 30.1 Å². The fourth-order valence-electron chi connectivity index (χ4n) is 4.70. The van der Waals surface area contributed by atoms with Crippen molar-refractivity contribution in [2.75, 3.05) is 7.11 Å². The summed E-state index contributed by atoms with van der Waals surface area (Å²) in [6.45, 7) is 8.10. The number of nitrogens with zero attached hydrogens (tertiary/aromatic N) is 3. The Morgan fingerprint density at radius 2 is 1.55 bits per heavy atom. The molecule has 214 valence electrons. The Labute approximate surface area is 234 Å². The van der Waals surface area contributed by atoms with Crippen LogP contribution in [0, 0.1) is 5.92 Å². The number of ether oxygens (including phenoxy) is 2. The number of carbonyl (C=O) groups is 4. The van der Waals surface area contributed by atoms with E-state index in [1.54, 1.807) is 82.3 Å². The van der Waals surface area contributed by atoms with Crippen molar-refractivity contribution in [3.05, 3.63) is 78.0 Å². The van der Waals surface area contributed by atoms with Crippen molar-refractivity contribution >= 4 is 29.6 Å². The van der Waals surface area contributed by atoms with Crippen LogP contribution in [0.25, 0.3) is 5.70 Å². The predicted molar refractivity (Wildman–Crippen MR) is 148 cm³/mol. The Kier molecular flexibility index (Phi) is 10.1. The number of aliphatic hydroxyl groups excluding tert-OH is 1. The van der Waals surface area contributed by atoms with E-state index in [1.807, 2.05) is 6.07 Å². The van der Waals surface area contributed by atoms with Crippen LogP contribution in [0.3, 0.4) is 0 Å². The first-order valence-corrected chi connectivity index (χ1v) is 13.2. The number of methoxy groups -OCH3 is 1. The van der Waals surface area contributed by atoms with E-state index < -0.39 is 48.2 Å². The average molecular weight is 552 g/mol. The van der Waals surface area contributed by atoms with Crippen LogP contribution in [-0.4, -0.2) is 75.3 Å². The molecule has 10 heteroatoms. The van der Waals surface area contributed by atoms with Crippen molar-refractivity contribution in [1.29, 1.82) is 0 Å². The maximum atomic E-state index is 14.3. The first-order valence-electron chi connectivity index (χ1n) is 13.2. The molecule has 3 atom stereocenters. The second-order valence-corrected chi connectivity index (χ2v) is 10.1. The summed E-state index contributed by atoms with van der Waals surface area (Å²) in [6, 6.07) is 15.5. The molecule has 0 spiro atoms. The summed E-state index contributed by atoms with van der Waals surface area (Å²) in [4.78, 5) is 54.7. The minimum atomic E-state index is -1.78. The highest BCUT2D eigenvalue weighted by Gasteiger charge is 2.47. The number of benzene rings is 2. The molecule has 3 amide bonds. The van der Waals surface area contributed by atoms with Gasteiger partial charge in [0.05, 0.1) is 25.0 Å². The number of rotatable bonds is 9. The molecule has 0 bridgehead atoms. The maximum Gasteiger partial charge on any atom is 0.414 e. The van der Waals surface area contributed by atoms with Gasteiger partial charge in [0.25, 0.3) is 5.91 Å². The van der Waals surface area contributed by atoms with Gasteiger partial charge in [0.2, 0.25) is 5.91 Å². The summed E-state index contributed by atoms with van der Waals surface area (Å²) >= 11 is 0. The first-order chi connectivity index (χ1) is 19.0. The second kappa shape index (κ2) is 13.3. The fraction of sp³-hybridized carbons (Fsp3) is 0.400. The number of hydrogen-bond donors (Lipinski definition) is 1. The Morgan fingerprint density at radius 1 is 0.975 bits per heavy atom. The molecule has 2 aromatic rings. The SMILES string of the molecule is COC(=O)N1C=C(c2ccccc2)N(N(C(C)=O)[C@@H](Cc2ccccc2)C(O)C(=O)OC(C)C)C(=O)C1C(C)C. The van der Waals surface area contributed by atoms with Gasteiger partial charge < -0.3 is 14.6 Å². The highest BCUT2D eigenvalue weighted by atomic mass is 16.6. The van der Waals surface area contributed by atoms with Gasteiger partial charge in [-0.1, -0.05) is 74.5 Å². The van der Waals surface area contributed by atoms with E-state index in [-0.39, 0.29) is 18.0 Å². The first kappa shape index (κ1) is 30.4. The van der Waals surface area contributed by atoms with Crippen molar-refractivity contribution in [1.82, 2.24) is 14.9 Å². The molecule has 0 fully saturated rings. The maximum absolute atomic E-state index is 14.3. The summed E-state index contributed by atoms with van der Waals surface area (Å²) in [7, 11) is 1.22. The lowest BCUT2D eigenvalue weighted by atomic mass is 9.97. The lowest BCUT2D eigenvalue weighted by Gasteiger charge is -2.47. The summed E-state index contributed by atoms with van der Waals surface area (Å²) < 4.78 is 10.3. The molecule has 40 heavy (non-hydrogen) atoms. The lowest BCUT2D eigenvalue weighted by Crippen LogP contribution is -2.64. The summed E-state index contributed by atoms with van der Waals surface area (Å²) in [5.41, 5.74) is 1.45. The van der Waals surface area contributed by atoms with Crippen LogP contribution in [0.2, 0.25) is 0 Å². The van der Waals surface area contributed by atoms with Gasteiger partial charge in [-0.3, -0.25) is 14.5 Å². The van der Waals surface area contributed by atoms with Crippen LogP contribution >= 0.6 is 0 Å². The number of aliphatic hydroxyl groups is 1. The van der Waals surface area contributed by atoms with Crippen molar-refractivity contribution in [2.24, 2.45) is 5.92 Å². The molecule has 0 saturated carbocycles. The zero-order valence-corrected chi connectivity index (χ0v) is 23.7. The number of amides is 3. The molecular weight excluding hydrogens is 514 g/mol. The molecule has 1 heterocycles. The van der Waals surface area contributed by atoms with Gasteiger partial charge >= 0.3 is 12.1 Å². The van der Waals surface area contributed by atoms with Gasteiger partial charge in [0, 0.05) is 18.7 Å². The monoisotopic (exact) mass is 551 g/mol. The minimum Gasteiger partial charge on any atom is -0.461 e. The molecular formula is C30H37N3O7. The second-order valence-electron chi connectivity index (χ2n) is 10.1. The number of hydrogen-bond acceptors (Lipinski definition) is 7. The summed E-state index contributed by atoms with van der Waals surface area (Å²) in [6.07, 6.45) is -1.54. The van der Waals surface area contributed by atoms with Crippen LogP contribution in [0.5, 0.6) is 0 Å². The van der Waals surface area contributed by atoms with Crippen LogP contribution in [0.4, 0.5) is 4.79 Å². The van der Waals surface area contributed by atoms with Crippen LogP contribution in [0.1, 0.15) is 45.7 Å². The van der Waals surface area contributed by atoms with Gasteiger partial charge in [-0.25, -0.2) is 19.6 Å². The minimum absolute atomic E-state index is 0.0354. The van der Waals surface area contributed by atoms with Crippen molar-refractivity contribution in [3.63, 3.8) is 0 Å². The Morgan fingerprint density at radius 3 is 2.05 bits per heavy atom. The zero-order valence-electron chi connectivity index (χ0n) is 23.7. The molecule has 1 aliphatic rings. The Hall–Kier alpha value is -4.18. The Bertz CT molecular complexity index is 1230. The van der Waals surface area contributed by atoms with Gasteiger partial charge in [-0.2, -0.15) is 0 Å². The number of carbonyl (C=O) groups excluding carboxylic acids is 4. The van der Waals surface area contributed by atoms with Gasteiger partial charge in [-0.05, 0) is 31.7 Å². The van der Waals surface area contributed by atoms with Crippen LogP contribution < -0.4 is 0 Å². The third-order valence-electron chi connectivity index (χ3n) is 6.44.